The van der Waals surface area contributed by atoms with E-state index in [1.807, 2.05) is 19.1 Å². The van der Waals surface area contributed by atoms with Gasteiger partial charge in [0, 0.05) is 6.54 Å². The Labute approximate surface area is 130 Å². The van der Waals surface area contributed by atoms with Gasteiger partial charge in [-0.25, -0.2) is 0 Å². The molecule has 0 saturated carbocycles. The molecule has 0 unspecified atom stereocenters. The highest BCUT2D eigenvalue weighted by molar-refractivity contribution is 7.15. The van der Waals surface area contributed by atoms with Crippen LogP contribution in [0, 0.1) is 0 Å². The second-order valence-corrected chi connectivity index (χ2v) is 6.64. The van der Waals surface area contributed by atoms with Crippen LogP contribution < -0.4 is 10.1 Å². The average Bonchev–Trinajstić information content (AvgIpc) is 2.94. The van der Waals surface area contributed by atoms with Crippen molar-refractivity contribution in [3.63, 3.8) is 0 Å². The smallest absolute Gasteiger partial charge is 0.205 e. The van der Waals surface area contributed by atoms with Gasteiger partial charge < -0.3 is 10.1 Å². The molecule has 0 aliphatic heterocycles. The number of hydrogen-bond acceptors (Lipinski definition) is 5. The van der Waals surface area contributed by atoms with E-state index in [0.29, 0.717) is 6.61 Å². The van der Waals surface area contributed by atoms with E-state index in [9.17, 15) is 0 Å². The van der Waals surface area contributed by atoms with Crippen molar-refractivity contribution in [2.24, 2.45) is 0 Å². The molecule has 2 aromatic rings. The monoisotopic (exact) mass is 305 g/mol. The predicted molar refractivity (Wildman–Crippen MR) is 88.2 cm³/mol. The molecule has 0 atom stereocenters. The van der Waals surface area contributed by atoms with E-state index in [-0.39, 0.29) is 5.41 Å². The summed E-state index contributed by atoms with van der Waals surface area (Å²) in [5.41, 5.74) is 1.54. The molecule has 1 aromatic heterocycles. The van der Waals surface area contributed by atoms with Crippen molar-refractivity contribution in [1.82, 2.24) is 10.2 Å². The van der Waals surface area contributed by atoms with Gasteiger partial charge in [-0.2, -0.15) is 0 Å². The van der Waals surface area contributed by atoms with Crippen LogP contribution >= 0.6 is 11.3 Å². The van der Waals surface area contributed by atoms with E-state index in [1.54, 1.807) is 0 Å². The van der Waals surface area contributed by atoms with Crippen molar-refractivity contribution < 1.29 is 4.74 Å². The minimum Gasteiger partial charge on any atom is -0.486 e. The van der Waals surface area contributed by atoms with Gasteiger partial charge in [-0.3, -0.25) is 0 Å². The molecule has 114 valence electrons. The zero-order valence-corrected chi connectivity index (χ0v) is 14.0. The number of aromatic nitrogens is 2. The van der Waals surface area contributed by atoms with Crippen molar-refractivity contribution in [2.45, 2.75) is 46.1 Å². The maximum Gasteiger partial charge on any atom is 0.205 e. The first-order chi connectivity index (χ1) is 10.0. The van der Waals surface area contributed by atoms with Crippen molar-refractivity contribution in [3.8, 4) is 5.75 Å². The number of nitrogens with one attached hydrogen (secondary N) is 1. The van der Waals surface area contributed by atoms with Crippen molar-refractivity contribution in [1.29, 1.82) is 0 Å². The van der Waals surface area contributed by atoms with Crippen LogP contribution in [0.1, 0.15) is 44.7 Å². The zero-order valence-electron chi connectivity index (χ0n) is 13.1. The summed E-state index contributed by atoms with van der Waals surface area (Å²) in [5, 5.41) is 13.0. The number of nitrogens with zero attached hydrogens (tertiary/aromatic N) is 2. The molecule has 0 fully saturated rings. The average molecular weight is 305 g/mol. The van der Waals surface area contributed by atoms with Crippen LogP contribution in [0.5, 0.6) is 5.75 Å². The van der Waals surface area contributed by atoms with E-state index in [2.05, 4.69) is 48.4 Å². The highest BCUT2D eigenvalue weighted by atomic mass is 32.1. The standard InChI is InChI=1S/C16H23N3OS/c1-5-16(3,4)12-7-9-13(10-8-12)20-11-14-18-19-15(21-14)17-6-2/h7-10H,5-6,11H2,1-4H3,(H,17,19). The number of hydrogen-bond donors (Lipinski definition) is 1. The van der Waals surface area contributed by atoms with Gasteiger partial charge >= 0.3 is 0 Å². The summed E-state index contributed by atoms with van der Waals surface area (Å²) < 4.78 is 5.76. The fourth-order valence-electron chi connectivity index (χ4n) is 1.89. The third-order valence-electron chi connectivity index (χ3n) is 3.68. The first-order valence-electron chi connectivity index (χ1n) is 7.34. The molecule has 2 rings (SSSR count). The maximum atomic E-state index is 5.76. The second kappa shape index (κ2) is 6.89. The minimum atomic E-state index is 0.207. The van der Waals surface area contributed by atoms with Crippen molar-refractivity contribution in [2.75, 3.05) is 11.9 Å². The Morgan fingerprint density at radius 1 is 1.14 bits per heavy atom. The molecule has 0 radical (unpaired) electrons. The first-order valence-corrected chi connectivity index (χ1v) is 8.16. The molecule has 4 nitrogen and oxygen atoms in total. The van der Waals surface area contributed by atoms with Crippen LogP contribution in [0.25, 0.3) is 0 Å². The summed E-state index contributed by atoms with van der Waals surface area (Å²) in [6, 6.07) is 8.34. The molecule has 0 spiro atoms. The van der Waals surface area contributed by atoms with Gasteiger partial charge in [0.15, 0.2) is 5.01 Å². The molecule has 1 heterocycles. The van der Waals surface area contributed by atoms with Crippen LogP contribution in [0.4, 0.5) is 5.13 Å². The van der Waals surface area contributed by atoms with Gasteiger partial charge in [-0.05, 0) is 36.5 Å². The number of rotatable bonds is 7. The molecule has 0 aliphatic rings. The fourth-order valence-corrected chi connectivity index (χ4v) is 2.61. The summed E-state index contributed by atoms with van der Waals surface area (Å²) in [6.07, 6.45) is 1.12. The molecular weight excluding hydrogens is 282 g/mol. The summed E-state index contributed by atoms with van der Waals surface area (Å²) in [7, 11) is 0. The van der Waals surface area contributed by atoms with Crippen LogP contribution in [-0.2, 0) is 12.0 Å². The quantitative estimate of drug-likeness (QED) is 0.831. The fraction of sp³-hybridized carbons (Fsp3) is 0.500. The van der Waals surface area contributed by atoms with E-state index in [4.69, 9.17) is 4.74 Å². The lowest BCUT2D eigenvalue weighted by molar-refractivity contribution is 0.304. The lowest BCUT2D eigenvalue weighted by atomic mass is 9.82. The van der Waals surface area contributed by atoms with Crippen molar-refractivity contribution in [3.05, 3.63) is 34.8 Å². The largest absolute Gasteiger partial charge is 0.486 e. The van der Waals surface area contributed by atoms with Gasteiger partial charge in [-0.1, -0.05) is 44.2 Å². The lowest BCUT2D eigenvalue weighted by Gasteiger charge is -2.23. The van der Waals surface area contributed by atoms with E-state index < -0.39 is 0 Å². The Hall–Kier alpha value is -1.62. The third-order valence-corrected chi connectivity index (χ3v) is 4.53. The molecule has 21 heavy (non-hydrogen) atoms. The zero-order chi connectivity index (χ0) is 15.3. The molecule has 0 saturated heterocycles. The van der Waals surface area contributed by atoms with Gasteiger partial charge in [0.1, 0.15) is 12.4 Å². The summed E-state index contributed by atoms with van der Waals surface area (Å²) in [6.45, 7) is 10.1. The predicted octanol–water partition coefficient (Wildman–Crippen LogP) is 4.24. The van der Waals surface area contributed by atoms with Crippen LogP contribution in [0.2, 0.25) is 0 Å². The van der Waals surface area contributed by atoms with Gasteiger partial charge in [-0.15, -0.1) is 10.2 Å². The molecule has 1 aromatic carbocycles. The maximum absolute atomic E-state index is 5.76. The van der Waals surface area contributed by atoms with Gasteiger partial charge in [0.05, 0.1) is 0 Å². The van der Waals surface area contributed by atoms with Crippen LogP contribution in [0.3, 0.4) is 0 Å². The highest BCUT2D eigenvalue weighted by Crippen LogP contribution is 2.28. The van der Waals surface area contributed by atoms with Gasteiger partial charge in [0.2, 0.25) is 5.13 Å². The highest BCUT2D eigenvalue weighted by Gasteiger charge is 2.17. The Morgan fingerprint density at radius 3 is 2.48 bits per heavy atom. The molecule has 0 amide bonds. The molecule has 0 bridgehead atoms. The third kappa shape index (κ3) is 4.17. The molecule has 5 heteroatoms. The Balaban J connectivity index is 1.94. The van der Waals surface area contributed by atoms with E-state index >= 15 is 0 Å². The van der Waals surface area contributed by atoms with E-state index in [1.165, 1.54) is 16.9 Å². The SMILES string of the molecule is CCNc1nnc(COc2ccc(C(C)(C)CC)cc2)s1. The van der Waals surface area contributed by atoms with Crippen molar-refractivity contribution >= 4 is 16.5 Å². The number of benzene rings is 1. The van der Waals surface area contributed by atoms with Crippen LogP contribution in [-0.4, -0.2) is 16.7 Å². The van der Waals surface area contributed by atoms with Gasteiger partial charge in [0.25, 0.3) is 0 Å². The minimum absolute atomic E-state index is 0.207. The molecular formula is C16H23N3OS. The topological polar surface area (TPSA) is 47.0 Å². The molecule has 0 aliphatic carbocycles. The number of ether oxygens (including phenoxy) is 1. The molecule has 1 N–H and O–H groups in total. The van der Waals surface area contributed by atoms with E-state index in [0.717, 1.165) is 28.9 Å². The number of anilines is 1. The second-order valence-electron chi connectivity index (χ2n) is 5.58. The summed E-state index contributed by atoms with van der Waals surface area (Å²) in [5.74, 6) is 0.867. The summed E-state index contributed by atoms with van der Waals surface area (Å²) >= 11 is 1.53. The lowest BCUT2D eigenvalue weighted by Crippen LogP contribution is -2.15. The summed E-state index contributed by atoms with van der Waals surface area (Å²) in [4.78, 5) is 0. The Bertz CT molecular complexity index is 563. The normalized spacial score (nSPS) is 11.4. The van der Waals surface area contributed by atoms with Crippen LogP contribution in [0.15, 0.2) is 24.3 Å². The Morgan fingerprint density at radius 2 is 1.86 bits per heavy atom. The first kappa shape index (κ1) is 15.8. The Kier molecular flexibility index (Phi) is 5.17.